The zero-order valence-corrected chi connectivity index (χ0v) is 8.17. The average Bonchev–Trinajstić information content (AvgIpc) is 2.17. The van der Waals surface area contributed by atoms with E-state index in [0.29, 0.717) is 0 Å². The van der Waals surface area contributed by atoms with Crippen LogP contribution < -0.4 is 9.47 Å². The fraction of sp³-hybridized carbons (Fsp3) is 0.333. The number of aliphatic hydroxyl groups is 1. The molecule has 1 aromatic carbocycles. The van der Waals surface area contributed by atoms with Crippen LogP contribution in [-0.4, -0.2) is 18.1 Å². The molecule has 0 fully saturated rings. The summed E-state index contributed by atoms with van der Waals surface area (Å²) in [5.74, 6) is -1.68. The Bertz CT molecular complexity index is 377. The minimum absolute atomic E-state index is 0.0749. The van der Waals surface area contributed by atoms with Crippen molar-refractivity contribution in [2.24, 2.45) is 0 Å². The first kappa shape index (κ1) is 13.5. The Kier molecular flexibility index (Phi) is 4.11. The van der Waals surface area contributed by atoms with E-state index in [1.165, 1.54) is 0 Å². The number of ether oxygens (including phenoxy) is 2. The summed E-state index contributed by atoms with van der Waals surface area (Å²) in [6.45, 7) is -3.83. The van der Waals surface area contributed by atoms with E-state index in [-0.39, 0.29) is 5.56 Å². The van der Waals surface area contributed by atoms with E-state index in [4.69, 9.17) is 5.11 Å². The molecule has 0 atom stereocenters. The average molecular weight is 258 g/mol. The molecule has 0 radical (unpaired) electrons. The normalized spacial score (nSPS) is 11.7. The standard InChI is InChI=1S/C9H7F5O3/c10-8(11)16-6-2-1-5(4-15)3-7(6)17-9(12,13)14/h1-3,8,15H,4H2. The molecule has 96 valence electrons. The SMILES string of the molecule is OCc1ccc(OC(F)F)c(OC(F)(F)F)c1. The summed E-state index contributed by atoms with van der Waals surface area (Å²) in [4.78, 5) is 0. The van der Waals surface area contributed by atoms with Gasteiger partial charge in [-0.25, -0.2) is 0 Å². The lowest BCUT2D eigenvalue weighted by molar-refractivity contribution is -0.275. The monoisotopic (exact) mass is 258 g/mol. The molecule has 0 unspecified atom stereocenters. The second-order valence-corrected chi connectivity index (χ2v) is 2.87. The van der Waals surface area contributed by atoms with Crippen molar-refractivity contribution < 1.29 is 36.5 Å². The van der Waals surface area contributed by atoms with E-state index in [1.54, 1.807) is 0 Å². The smallest absolute Gasteiger partial charge is 0.431 e. The fourth-order valence-corrected chi connectivity index (χ4v) is 1.05. The highest BCUT2D eigenvalue weighted by atomic mass is 19.4. The molecule has 1 aromatic rings. The van der Waals surface area contributed by atoms with Crippen molar-refractivity contribution in [2.45, 2.75) is 19.6 Å². The first-order valence-electron chi connectivity index (χ1n) is 4.26. The summed E-state index contributed by atoms with van der Waals surface area (Å²) in [6, 6.07) is 2.77. The second-order valence-electron chi connectivity index (χ2n) is 2.87. The molecular formula is C9H7F5O3. The van der Waals surface area contributed by atoms with Gasteiger partial charge in [0.2, 0.25) is 0 Å². The van der Waals surface area contributed by atoms with Gasteiger partial charge in [0.15, 0.2) is 11.5 Å². The minimum Gasteiger partial charge on any atom is -0.431 e. The first-order valence-corrected chi connectivity index (χ1v) is 4.26. The maximum atomic E-state index is 12.0. The molecule has 1 rings (SSSR count). The summed E-state index contributed by atoms with van der Waals surface area (Å²) in [6.07, 6.45) is -5.03. The van der Waals surface area contributed by atoms with Crippen LogP contribution in [0.25, 0.3) is 0 Å². The Morgan fingerprint density at radius 3 is 2.29 bits per heavy atom. The summed E-state index contributed by atoms with van der Waals surface area (Å²) in [7, 11) is 0. The molecule has 3 nitrogen and oxygen atoms in total. The van der Waals surface area contributed by atoms with Crippen molar-refractivity contribution in [1.82, 2.24) is 0 Å². The number of hydrogen-bond donors (Lipinski definition) is 1. The number of alkyl halides is 5. The van der Waals surface area contributed by atoms with Gasteiger partial charge >= 0.3 is 13.0 Å². The van der Waals surface area contributed by atoms with E-state index < -0.39 is 31.1 Å². The molecule has 0 bridgehead atoms. The van der Waals surface area contributed by atoms with E-state index in [9.17, 15) is 22.0 Å². The fourth-order valence-electron chi connectivity index (χ4n) is 1.05. The molecule has 0 saturated heterocycles. The quantitative estimate of drug-likeness (QED) is 0.844. The highest BCUT2D eigenvalue weighted by molar-refractivity contribution is 5.43. The van der Waals surface area contributed by atoms with Crippen molar-refractivity contribution in [2.75, 3.05) is 0 Å². The van der Waals surface area contributed by atoms with E-state index in [1.807, 2.05) is 0 Å². The third-order valence-corrected chi connectivity index (χ3v) is 1.63. The maximum absolute atomic E-state index is 12.0. The third-order valence-electron chi connectivity index (χ3n) is 1.63. The zero-order valence-electron chi connectivity index (χ0n) is 8.17. The van der Waals surface area contributed by atoms with Crippen LogP contribution in [0.5, 0.6) is 11.5 Å². The van der Waals surface area contributed by atoms with Gasteiger partial charge in [-0.1, -0.05) is 6.07 Å². The van der Waals surface area contributed by atoms with Crippen LogP contribution in [0.1, 0.15) is 5.56 Å². The first-order chi connectivity index (χ1) is 7.81. The van der Waals surface area contributed by atoms with Crippen LogP contribution in [0.2, 0.25) is 0 Å². The Labute approximate surface area is 92.4 Å². The lowest BCUT2D eigenvalue weighted by atomic mass is 10.2. The van der Waals surface area contributed by atoms with Crippen molar-refractivity contribution in [3.05, 3.63) is 23.8 Å². The molecule has 0 heterocycles. The molecule has 0 amide bonds. The zero-order chi connectivity index (χ0) is 13.1. The summed E-state index contributed by atoms with van der Waals surface area (Å²) >= 11 is 0. The lowest BCUT2D eigenvalue weighted by Gasteiger charge is -2.14. The molecule has 0 aliphatic rings. The van der Waals surface area contributed by atoms with Crippen LogP contribution >= 0.6 is 0 Å². The molecular weight excluding hydrogens is 251 g/mol. The van der Waals surface area contributed by atoms with Gasteiger partial charge in [-0.2, -0.15) is 8.78 Å². The van der Waals surface area contributed by atoms with E-state index >= 15 is 0 Å². The van der Waals surface area contributed by atoms with Gasteiger partial charge in [-0.3, -0.25) is 0 Å². The number of rotatable bonds is 4. The molecule has 17 heavy (non-hydrogen) atoms. The van der Waals surface area contributed by atoms with Gasteiger partial charge < -0.3 is 14.6 Å². The molecule has 0 aliphatic carbocycles. The van der Waals surface area contributed by atoms with Crippen molar-refractivity contribution in [1.29, 1.82) is 0 Å². The van der Waals surface area contributed by atoms with Gasteiger partial charge in [0, 0.05) is 0 Å². The largest absolute Gasteiger partial charge is 0.573 e. The van der Waals surface area contributed by atoms with Crippen LogP contribution in [0.3, 0.4) is 0 Å². The Hall–Kier alpha value is -1.57. The lowest BCUT2D eigenvalue weighted by Crippen LogP contribution is -2.18. The maximum Gasteiger partial charge on any atom is 0.573 e. The summed E-state index contributed by atoms with van der Waals surface area (Å²) in [5.41, 5.74) is 0.0749. The highest BCUT2D eigenvalue weighted by Crippen LogP contribution is 2.34. The number of aliphatic hydroxyl groups excluding tert-OH is 1. The Balaban J connectivity index is 3.03. The van der Waals surface area contributed by atoms with Crippen LogP contribution in [0.15, 0.2) is 18.2 Å². The van der Waals surface area contributed by atoms with Crippen molar-refractivity contribution in [3.63, 3.8) is 0 Å². The predicted molar refractivity (Wildman–Crippen MR) is 45.7 cm³/mol. The molecule has 8 heteroatoms. The van der Waals surface area contributed by atoms with Crippen molar-refractivity contribution in [3.8, 4) is 11.5 Å². The number of hydrogen-bond acceptors (Lipinski definition) is 3. The van der Waals surface area contributed by atoms with Gasteiger partial charge in [0.1, 0.15) is 0 Å². The Morgan fingerprint density at radius 2 is 1.82 bits per heavy atom. The van der Waals surface area contributed by atoms with Crippen LogP contribution in [0, 0.1) is 0 Å². The molecule has 1 N–H and O–H groups in total. The number of benzene rings is 1. The minimum atomic E-state index is -5.03. The molecule has 0 aromatic heterocycles. The Morgan fingerprint density at radius 1 is 1.18 bits per heavy atom. The van der Waals surface area contributed by atoms with E-state index in [2.05, 4.69) is 9.47 Å². The van der Waals surface area contributed by atoms with Crippen LogP contribution in [-0.2, 0) is 6.61 Å². The van der Waals surface area contributed by atoms with Crippen molar-refractivity contribution >= 4 is 0 Å². The molecule has 0 aliphatic heterocycles. The van der Waals surface area contributed by atoms with Gasteiger partial charge in [-0.05, 0) is 17.7 Å². The topological polar surface area (TPSA) is 38.7 Å². The van der Waals surface area contributed by atoms with E-state index in [0.717, 1.165) is 18.2 Å². The molecule has 0 saturated carbocycles. The summed E-state index contributed by atoms with van der Waals surface area (Å²) < 4.78 is 67.1. The predicted octanol–water partition coefficient (Wildman–Crippen LogP) is 2.68. The molecule has 0 spiro atoms. The van der Waals surface area contributed by atoms with Gasteiger partial charge in [0.25, 0.3) is 0 Å². The van der Waals surface area contributed by atoms with Gasteiger partial charge in [0.05, 0.1) is 6.61 Å². The number of halogens is 5. The second kappa shape index (κ2) is 5.17. The summed E-state index contributed by atoms with van der Waals surface area (Å²) in [5, 5.41) is 8.71. The third kappa shape index (κ3) is 4.43. The van der Waals surface area contributed by atoms with Crippen LogP contribution in [0.4, 0.5) is 22.0 Å². The highest BCUT2D eigenvalue weighted by Gasteiger charge is 2.33. The van der Waals surface area contributed by atoms with Gasteiger partial charge in [-0.15, -0.1) is 13.2 Å².